The topological polar surface area (TPSA) is 52.5 Å². The predicted octanol–water partition coefficient (Wildman–Crippen LogP) is 3.05. The van der Waals surface area contributed by atoms with Crippen molar-refractivity contribution in [3.63, 3.8) is 0 Å². The van der Waals surface area contributed by atoms with Crippen LogP contribution in [0.25, 0.3) is 0 Å². The van der Waals surface area contributed by atoms with Crippen molar-refractivity contribution in [3.05, 3.63) is 29.8 Å². The van der Waals surface area contributed by atoms with Gasteiger partial charge in [0.2, 0.25) is 0 Å². The van der Waals surface area contributed by atoms with Gasteiger partial charge in [0.05, 0.1) is 6.10 Å². The first-order chi connectivity index (χ1) is 8.48. The normalized spacial score (nSPS) is 16.1. The summed E-state index contributed by atoms with van der Waals surface area (Å²) < 4.78 is 0. The van der Waals surface area contributed by atoms with E-state index < -0.39 is 11.2 Å². The number of nitrogens with one attached hydrogen (secondary N) is 1. The Morgan fingerprint density at radius 3 is 2.39 bits per heavy atom. The molecule has 1 aromatic carbocycles. The highest BCUT2D eigenvalue weighted by atomic mass is 35.5. The highest BCUT2D eigenvalue weighted by Gasteiger charge is 2.31. The average molecular weight is 272 g/mol. The SMILES string of the molecule is CCCCCNc1ccc(C(O)(Cl)C(C)O)cc1. The van der Waals surface area contributed by atoms with Gasteiger partial charge in [-0.3, -0.25) is 0 Å². The van der Waals surface area contributed by atoms with Crippen LogP contribution >= 0.6 is 11.6 Å². The second kappa shape index (κ2) is 6.98. The summed E-state index contributed by atoms with van der Waals surface area (Å²) in [6, 6.07) is 7.16. The molecule has 4 heteroatoms. The fraction of sp³-hybridized carbons (Fsp3) is 0.571. The van der Waals surface area contributed by atoms with Crippen LogP contribution in [0.2, 0.25) is 0 Å². The largest absolute Gasteiger partial charge is 0.389 e. The number of anilines is 1. The van der Waals surface area contributed by atoms with E-state index in [0.29, 0.717) is 5.56 Å². The zero-order valence-electron chi connectivity index (χ0n) is 11.0. The number of hydrogen-bond acceptors (Lipinski definition) is 3. The van der Waals surface area contributed by atoms with Crippen molar-refractivity contribution in [2.75, 3.05) is 11.9 Å². The van der Waals surface area contributed by atoms with Gasteiger partial charge in [0.1, 0.15) is 0 Å². The van der Waals surface area contributed by atoms with Crippen LogP contribution in [0.3, 0.4) is 0 Å². The predicted molar refractivity (Wildman–Crippen MR) is 75.9 cm³/mol. The molecular formula is C14H22ClNO2. The summed E-state index contributed by atoms with van der Waals surface area (Å²) in [4.78, 5) is 0. The van der Waals surface area contributed by atoms with Crippen molar-refractivity contribution in [1.82, 2.24) is 0 Å². The minimum atomic E-state index is -1.72. The van der Waals surface area contributed by atoms with E-state index in [1.807, 2.05) is 12.1 Å². The van der Waals surface area contributed by atoms with Gasteiger partial charge in [0, 0.05) is 17.8 Å². The van der Waals surface area contributed by atoms with E-state index in [1.165, 1.54) is 19.8 Å². The van der Waals surface area contributed by atoms with Gasteiger partial charge in [-0.25, -0.2) is 0 Å². The molecule has 0 aromatic heterocycles. The van der Waals surface area contributed by atoms with Crippen LogP contribution in [0.15, 0.2) is 24.3 Å². The maximum absolute atomic E-state index is 9.90. The van der Waals surface area contributed by atoms with E-state index in [9.17, 15) is 10.2 Å². The molecule has 2 atom stereocenters. The second-order valence-corrected chi connectivity index (χ2v) is 5.14. The lowest BCUT2D eigenvalue weighted by Crippen LogP contribution is -2.31. The van der Waals surface area contributed by atoms with E-state index >= 15 is 0 Å². The molecule has 0 saturated heterocycles. The number of rotatable bonds is 7. The summed E-state index contributed by atoms with van der Waals surface area (Å²) in [7, 11) is 0. The Morgan fingerprint density at radius 2 is 1.89 bits per heavy atom. The molecule has 0 aliphatic rings. The van der Waals surface area contributed by atoms with Crippen molar-refractivity contribution >= 4 is 17.3 Å². The molecule has 18 heavy (non-hydrogen) atoms. The van der Waals surface area contributed by atoms with E-state index in [2.05, 4.69) is 12.2 Å². The molecular weight excluding hydrogens is 250 g/mol. The second-order valence-electron chi connectivity index (χ2n) is 4.56. The third-order valence-corrected chi connectivity index (χ3v) is 3.49. The van der Waals surface area contributed by atoms with E-state index in [4.69, 9.17) is 11.6 Å². The zero-order valence-corrected chi connectivity index (χ0v) is 11.7. The Morgan fingerprint density at radius 1 is 1.28 bits per heavy atom. The van der Waals surface area contributed by atoms with Crippen molar-refractivity contribution in [3.8, 4) is 0 Å². The van der Waals surface area contributed by atoms with Crippen LogP contribution in [0.5, 0.6) is 0 Å². The Kier molecular flexibility index (Phi) is 5.93. The molecule has 3 N–H and O–H groups in total. The third kappa shape index (κ3) is 4.16. The summed E-state index contributed by atoms with van der Waals surface area (Å²) in [5.41, 5.74) is 1.49. The number of aliphatic hydroxyl groups is 2. The smallest absolute Gasteiger partial charge is 0.190 e. The highest BCUT2D eigenvalue weighted by Crippen LogP contribution is 2.30. The van der Waals surface area contributed by atoms with Crippen LogP contribution < -0.4 is 5.32 Å². The number of benzene rings is 1. The van der Waals surface area contributed by atoms with Gasteiger partial charge in [0.15, 0.2) is 5.06 Å². The molecule has 3 nitrogen and oxygen atoms in total. The van der Waals surface area contributed by atoms with E-state index in [1.54, 1.807) is 12.1 Å². The number of unbranched alkanes of at least 4 members (excludes halogenated alkanes) is 2. The van der Waals surface area contributed by atoms with Gasteiger partial charge in [0.25, 0.3) is 0 Å². The Hall–Kier alpha value is -0.770. The van der Waals surface area contributed by atoms with Crippen LogP contribution in [0.1, 0.15) is 38.7 Å². The van der Waals surface area contributed by atoms with Crippen LogP contribution in [0, 0.1) is 0 Å². The Balaban J connectivity index is 2.57. The fourth-order valence-electron chi connectivity index (χ4n) is 1.67. The summed E-state index contributed by atoms with van der Waals surface area (Å²) in [5, 5.41) is 20.9. The quantitative estimate of drug-likeness (QED) is 0.528. The maximum atomic E-state index is 9.90. The number of halogens is 1. The first-order valence-corrected chi connectivity index (χ1v) is 6.80. The zero-order chi connectivity index (χ0) is 13.6. The van der Waals surface area contributed by atoms with Crippen LogP contribution in [-0.2, 0) is 5.06 Å². The summed E-state index contributed by atoms with van der Waals surface area (Å²) >= 11 is 5.88. The molecule has 0 radical (unpaired) electrons. The lowest BCUT2D eigenvalue weighted by Gasteiger charge is -2.24. The minimum Gasteiger partial charge on any atom is -0.389 e. The van der Waals surface area contributed by atoms with Gasteiger partial charge in [-0.05, 0) is 25.5 Å². The number of alkyl halides is 1. The number of hydrogen-bond donors (Lipinski definition) is 3. The van der Waals surface area contributed by atoms with Gasteiger partial charge < -0.3 is 15.5 Å². The molecule has 1 aromatic rings. The fourth-order valence-corrected chi connectivity index (χ4v) is 1.80. The van der Waals surface area contributed by atoms with E-state index in [-0.39, 0.29) is 0 Å². The average Bonchev–Trinajstić information content (AvgIpc) is 2.35. The molecule has 2 unspecified atom stereocenters. The molecule has 0 bridgehead atoms. The standard InChI is InChI=1S/C14H22ClNO2/c1-3-4-5-10-16-13-8-6-12(7-9-13)14(15,18)11(2)17/h6-9,11,16-18H,3-5,10H2,1-2H3. The van der Waals surface area contributed by atoms with E-state index in [0.717, 1.165) is 18.7 Å². The number of aliphatic hydroxyl groups excluding tert-OH is 1. The lowest BCUT2D eigenvalue weighted by atomic mass is 10.0. The van der Waals surface area contributed by atoms with Crippen molar-refractivity contribution in [2.24, 2.45) is 0 Å². The monoisotopic (exact) mass is 271 g/mol. The molecule has 0 spiro atoms. The Labute approximate surface area is 114 Å². The maximum Gasteiger partial charge on any atom is 0.190 e. The van der Waals surface area contributed by atoms with Gasteiger partial charge in [-0.15, -0.1) is 0 Å². The van der Waals surface area contributed by atoms with Crippen LogP contribution in [0.4, 0.5) is 5.69 Å². The summed E-state index contributed by atoms with van der Waals surface area (Å²) in [5.74, 6) is 0. The van der Waals surface area contributed by atoms with Crippen molar-refractivity contribution in [1.29, 1.82) is 0 Å². The first-order valence-electron chi connectivity index (χ1n) is 6.42. The Bertz CT molecular complexity index is 349. The molecule has 102 valence electrons. The molecule has 0 aliphatic heterocycles. The summed E-state index contributed by atoms with van der Waals surface area (Å²) in [6.07, 6.45) is 2.54. The molecule has 0 aliphatic carbocycles. The molecule has 0 saturated carbocycles. The minimum absolute atomic E-state index is 0.498. The summed E-state index contributed by atoms with van der Waals surface area (Å²) in [6.45, 7) is 4.57. The van der Waals surface area contributed by atoms with Crippen molar-refractivity contribution in [2.45, 2.75) is 44.3 Å². The third-order valence-electron chi connectivity index (χ3n) is 2.95. The molecule has 1 rings (SSSR count). The van der Waals surface area contributed by atoms with Gasteiger partial charge in [-0.1, -0.05) is 43.5 Å². The molecule has 0 amide bonds. The first kappa shape index (κ1) is 15.3. The van der Waals surface area contributed by atoms with Gasteiger partial charge in [-0.2, -0.15) is 0 Å². The molecule has 0 heterocycles. The van der Waals surface area contributed by atoms with Gasteiger partial charge >= 0.3 is 0 Å². The molecule has 0 fully saturated rings. The van der Waals surface area contributed by atoms with Crippen molar-refractivity contribution < 1.29 is 10.2 Å². The lowest BCUT2D eigenvalue weighted by molar-refractivity contribution is -0.00528. The highest BCUT2D eigenvalue weighted by molar-refractivity contribution is 6.23. The van der Waals surface area contributed by atoms with Crippen LogP contribution in [-0.4, -0.2) is 22.9 Å².